The smallest absolute Gasteiger partial charge is 0.229 e. The van der Waals surface area contributed by atoms with Gasteiger partial charge >= 0.3 is 0 Å². The minimum Gasteiger partial charge on any atom is -0.485 e. The maximum Gasteiger partial charge on any atom is 0.229 e. The van der Waals surface area contributed by atoms with Gasteiger partial charge in [-0.3, -0.25) is 0 Å². The number of benzene rings is 1. The minimum atomic E-state index is -0.344. The Morgan fingerprint density at radius 1 is 1.43 bits per heavy atom. The lowest BCUT2D eigenvalue weighted by Gasteiger charge is -2.21. The number of morpholine rings is 1. The Hall–Kier alpha value is -1.99. The Kier molecular flexibility index (Phi) is 4.42. The topological polar surface area (TPSA) is 69.4 Å². The molecule has 7 heteroatoms. The van der Waals surface area contributed by atoms with Gasteiger partial charge in [0.1, 0.15) is 11.6 Å². The second-order valence-corrected chi connectivity index (χ2v) is 4.75. The number of hydrogen-bond donors (Lipinski definition) is 1. The van der Waals surface area contributed by atoms with Crippen molar-refractivity contribution < 1.29 is 18.4 Å². The molecule has 6 nitrogen and oxygen atoms in total. The summed E-state index contributed by atoms with van der Waals surface area (Å²) in [4.78, 5) is 4.24. The summed E-state index contributed by atoms with van der Waals surface area (Å²) < 4.78 is 29.1. The van der Waals surface area contributed by atoms with E-state index in [1.807, 2.05) is 0 Å². The molecule has 1 atom stereocenters. The fourth-order valence-electron chi connectivity index (χ4n) is 2.08. The molecule has 0 aliphatic carbocycles. The molecular weight excluding hydrogens is 277 g/mol. The van der Waals surface area contributed by atoms with Crippen molar-refractivity contribution in [3.05, 3.63) is 41.8 Å². The minimum absolute atomic E-state index is 0.0520. The largest absolute Gasteiger partial charge is 0.485 e. The first-order valence-electron chi connectivity index (χ1n) is 6.82. The van der Waals surface area contributed by atoms with Crippen molar-refractivity contribution in [2.45, 2.75) is 19.1 Å². The van der Waals surface area contributed by atoms with Crippen LogP contribution in [0.2, 0.25) is 0 Å². The molecule has 1 N–H and O–H groups in total. The SMILES string of the molecule is Fc1cccc(OCc2noc(CC3CNCCO3)n2)c1. The molecule has 1 unspecified atom stereocenters. The lowest BCUT2D eigenvalue weighted by Crippen LogP contribution is -2.39. The number of hydrogen-bond acceptors (Lipinski definition) is 6. The van der Waals surface area contributed by atoms with Crippen LogP contribution in [0.15, 0.2) is 28.8 Å². The fourth-order valence-corrected chi connectivity index (χ4v) is 2.08. The van der Waals surface area contributed by atoms with E-state index in [2.05, 4.69) is 15.5 Å². The first kappa shape index (κ1) is 14.0. The van der Waals surface area contributed by atoms with Crippen LogP contribution in [-0.4, -0.2) is 35.9 Å². The summed E-state index contributed by atoms with van der Waals surface area (Å²) in [6, 6.07) is 5.92. The Bertz CT molecular complexity index is 584. The summed E-state index contributed by atoms with van der Waals surface area (Å²) in [6.07, 6.45) is 0.621. The highest BCUT2D eigenvalue weighted by atomic mass is 19.1. The van der Waals surface area contributed by atoms with Crippen molar-refractivity contribution in [3.63, 3.8) is 0 Å². The van der Waals surface area contributed by atoms with Crippen LogP contribution in [0.4, 0.5) is 4.39 Å². The van der Waals surface area contributed by atoms with E-state index in [1.165, 1.54) is 12.1 Å². The zero-order chi connectivity index (χ0) is 14.5. The number of rotatable bonds is 5. The molecule has 1 aliphatic heterocycles. The molecule has 0 amide bonds. The third kappa shape index (κ3) is 3.99. The average molecular weight is 293 g/mol. The standard InChI is InChI=1S/C14H16FN3O3/c15-10-2-1-3-11(6-10)20-9-13-17-14(21-18-13)7-12-8-16-4-5-19-12/h1-3,6,12,16H,4-5,7-9H2. The van der Waals surface area contributed by atoms with Gasteiger partial charge in [-0.05, 0) is 12.1 Å². The van der Waals surface area contributed by atoms with Crippen LogP contribution in [0.25, 0.3) is 0 Å². The van der Waals surface area contributed by atoms with E-state index >= 15 is 0 Å². The number of nitrogens with one attached hydrogen (secondary N) is 1. The van der Waals surface area contributed by atoms with Gasteiger partial charge in [0.2, 0.25) is 11.7 Å². The van der Waals surface area contributed by atoms with Crippen LogP contribution in [0.5, 0.6) is 5.75 Å². The molecule has 21 heavy (non-hydrogen) atoms. The van der Waals surface area contributed by atoms with Gasteiger partial charge in [-0.2, -0.15) is 4.98 Å². The van der Waals surface area contributed by atoms with E-state index in [0.717, 1.165) is 13.1 Å². The molecule has 0 spiro atoms. The molecule has 0 saturated carbocycles. The Balaban J connectivity index is 1.52. The predicted octanol–water partition coefficient (Wildman–Crippen LogP) is 1.32. The van der Waals surface area contributed by atoms with Crippen molar-refractivity contribution in [1.82, 2.24) is 15.5 Å². The van der Waals surface area contributed by atoms with Gasteiger partial charge in [-0.25, -0.2) is 4.39 Å². The highest BCUT2D eigenvalue weighted by molar-refractivity contribution is 5.22. The van der Waals surface area contributed by atoms with Gasteiger partial charge in [0, 0.05) is 19.2 Å². The number of halogens is 1. The van der Waals surface area contributed by atoms with E-state index in [-0.39, 0.29) is 18.5 Å². The van der Waals surface area contributed by atoms with Crippen molar-refractivity contribution >= 4 is 0 Å². The number of ether oxygens (including phenoxy) is 2. The van der Waals surface area contributed by atoms with Crippen LogP contribution >= 0.6 is 0 Å². The molecule has 0 bridgehead atoms. The fraction of sp³-hybridized carbons (Fsp3) is 0.429. The van der Waals surface area contributed by atoms with E-state index in [9.17, 15) is 4.39 Å². The molecule has 1 fully saturated rings. The van der Waals surface area contributed by atoms with E-state index < -0.39 is 0 Å². The summed E-state index contributed by atoms with van der Waals surface area (Å²) in [7, 11) is 0. The summed E-state index contributed by atoms with van der Waals surface area (Å²) in [5.41, 5.74) is 0. The van der Waals surface area contributed by atoms with Crippen molar-refractivity contribution in [3.8, 4) is 5.75 Å². The lowest BCUT2D eigenvalue weighted by atomic mass is 10.2. The predicted molar refractivity (Wildman–Crippen MR) is 71.3 cm³/mol. The Morgan fingerprint density at radius 2 is 2.38 bits per heavy atom. The zero-order valence-corrected chi connectivity index (χ0v) is 11.4. The van der Waals surface area contributed by atoms with Crippen molar-refractivity contribution in [1.29, 1.82) is 0 Å². The summed E-state index contributed by atoms with van der Waals surface area (Å²) in [5, 5.41) is 7.08. The van der Waals surface area contributed by atoms with Crippen molar-refractivity contribution in [2.24, 2.45) is 0 Å². The van der Waals surface area contributed by atoms with Gasteiger partial charge in [0.25, 0.3) is 0 Å². The summed E-state index contributed by atoms with van der Waals surface area (Å²) in [6.45, 7) is 2.47. The molecule has 1 aromatic heterocycles. The quantitative estimate of drug-likeness (QED) is 0.896. The zero-order valence-electron chi connectivity index (χ0n) is 11.4. The van der Waals surface area contributed by atoms with Crippen LogP contribution in [0.3, 0.4) is 0 Å². The number of aromatic nitrogens is 2. The van der Waals surface area contributed by atoms with Crippen LogP contribution in [0, 0.1) is 5.82 Å². The van der Waals surface area contributed by atoms with Gasteiger partial charge in [-0.1, -0.05) is 11.2 Å². The highest BCUT2D eigenvalue weighted by Crippen LogP contribution is 2.13. The highest BCUT2D eigenvalue weighted by Gasteiger charge is 2.17. The van der Waals surface area contributed by atoms with Crippen molar-refractivity contribution in [2.75, 3.05) is 19.7 Å². The van der Waals surface area contributed by atoms with Gasteiger partial charge in [0.05, 0.1) is 19.1 Å². The van der Waals surface area contributed by atoms with Crippen LogP contribution in [0.1, 0.15) is 11.7 Å². The Labute approximate surface area is 121 Å². The molecule has 1 aliphatic rings. The summed E-state index contributed by atoms with van der Waals surface area (Å²) >= 11 is 0. The van der Waals surface area contributed by atoms with Crippen LogP contribution < -0.4 is 10.1 Å². The maximum absolute atomic E-state index is 13.0. The van der Waals surface area contributed by atoms with Crippen LogP contribution in [-0.2, 0) is 17.8 Å². The number of nitrogens with zero attached hydrogens (tertiary/aromatic N) is 2. The molecule has 2 aromatic rings. The Morgan fingerprint density at radius 3 is 3.19 bits per heavy atom. The molecular formula is C14H16FN3O3. The summed E-state index contributed by atoms with van der Waals surface area (Å²) in [5.74, 6) is 1.03. The van der Waals surface area contributed by atoms with Gasteiger partial charge in [0.15, 0.2) is 6.61 Å². The molecule has 0 radical (unpaired) electrons. The van der Waals surface area contributed by atoms with Gasteiger partial charge < -0.3 is 19.3 Å². The van der Waals surface area contributed by atoms with E-state index in [1.54, 1.807) is 12.1 Å². The van der Waals surface area contributed by atoms with Gasteiger partial charge in [-0.15, -0.1) is 0 Å². The lowest BCUT2D eigenvalue weighted by molar-refractivity contribution is 0.0246. The first-order valence-corrected chi connectivity index (χ1v) is 6.82. The third-order valence-electron chi connectivity index (χ3n) is 3.08. The monoisotopic (exact) mass is 293 g/mol. The average Bonchev–Trinajstić information content (AvgIpc) is 2.94. The molecule has 3 rings (SSSR count). The van der Waals surface area contributed by atoms with E-state index in [0.29, 0.717) is 30.5 Å². The molecule has 1 aromatic carbocycles. The molecule has 1 saturated heterocycles. The molecule has 112 valence electrons. The molecule has 2 heterocycles. The normalized spacial score (nSPS) is 18.6. The van der Waals surface area contributed by atoms with E-state index in [4.69, 9.17) is 14.0 Å². The first-order chi connectivity index (χ1) is 10.3. The maximum atomic E-state index is 13.0. The second-order valence-electron chi connectivity index (χ2n) is 4.75. The second kappa shape index (κ2) is 6.64. The third-order valence-corrected chi connectivity index (χ3v) is 3.08.